The monoisotopic (exact) mass is 736 g/mol. The van der Waals surface area contributed by atoms with E-state index in [0.29, 0.717) is 51.4 Å². The van der Waals surface area contributed by atoms with Gasteiger partial charge in [0.05, 0.1) is 0 Å². The van der Waals surface area contributed by atoms with Crippen LogP contribution in [0.25, 0.3) is 0 Å². The molecule has 4 saturated carbocycles. The van der Waals surface area contributed by atoms with Crippen molar-refractivity contribution < 1.29 is 76.3 Å². The molecule has 0 unspecified atom stereocenters. The third kappa shape index (κ3) is 10.9. The molecule has 8 aliphatic rings. The minimum atomic E-state index is -0.898. The van der Waals surface area contributed by atoms with E-state index in [1.165, 1.54) is 0 Å². The summed E-state index contributed by atoms with van der Waals surface area (Å²) in [6.07, 6.45) is 16.5. The van der Waals surface area contributed by atoms with Crippen molar-refractivity contribution in [3.8, 4) is 0 Å². The topological polar surface area (TPSA) is 210 Å². The third-order valence-electron chi connectivity index (χ3n) is 10.0. The van der Waals surface area contributed by atoms with E-state index < -0.39 is 70.9 Å². The fourth-order valence-corrected chi connectivity index (χ4v) is 7.68. The molecular weight excluding hydrogens is 688 g/mol. The van der Waals surface area contributed by atoms with Gasteiger partial charge in [0, 0.05) is 51.4 Å². The summed E-state index contributed by atoms with van der Waals surface area (Å²) in [5.74, 6) is -7.16. The average molecular weight is 737 g/mol. The number of carbonyl (C=O) groups is 8. The van der Waals surface area contributed by atoms with Gasteiger partial charge in [-0.15, -0.1) is 0 Å². The molecular formula is C36H48O16. The minimum Gasteiger partial charge on any atom is -0.422 e. The maximum Gasteiger partial charge on any atom is 0.320 e. The van der Waals surface area contributed by atoms with Gasteiger partial charge in [-0.3, -0.25) is 38.4 Å². The number of hydrogen-bond acceptors (Lipinski definition) is 16. The smallest absolute Gasteiger partial charge is 0.320 e. The Labute approximate surface area is 301 Å². The van der Waals surface area contributed by atoms with Crippen molar-refractivity contribution in [3.63, 3.8) is 0 Å². The molecule has 0 atom stereocenters. The van der Waals surface area contributed by atoms with Crippen molar-refractivity contribution in [2.45, 2.75) is 177 Å². The van der Waals surface area contributed by atoms with Gasteiger partial charge in [0.2, 0.25) is 0 Å². The lowest BCUT2D eigenvalue weighted by atomic mass is 9.93. The highest BCUT2D eigenvalue weighted by Crippen LogP contribution is 2.38. The Morgan fingerprint density at radius 1 is 0.231 bits per heavy atom. The normalized spacial score (nSPS) is 26.8. The number of hydrogen-bond donors (Lipinski definition) is 0. The Morgan fingerprint density at radius 3 is 0.500 bits per heavy atom. The summed E-state index contributed by atoms with van der Waals surface area (Å²) in [4.78, 5) is 88.2. The third-order valence-corrected chi connectivity index (χ3v) is 10.0. The van der Waals surface area contributed by atoms with Crippen LogP contribution in [0.5, 0.6) is 0 Å². The fourth-order valence-electron chi connectivity index (χ4n) is 7.68. The molecule has 4 spiro atoms. The highest BCUT2D eigenvalue weighted by Gasteiger charge is 2.47. The first kappa shape index (κ1) is 39.0. The zero-order chi connectivity index (χ0) is 37.2. The van der Waals surface area contributed by atoms with Crippen LogP contribution in [-0.2, 0) is 76.3 Å². The molecule has 16 heteroatoms. The van der Waals surface area contributed by atoms with Gasteiger partial charge in [-0.25, -0.2) is 0 Å². The van der Waals surface area contributed by atoms with Crippen LogP contribution < -0.4 is 0 Å². The molecule has 0 aromatic rings. The highest BCUT2D eigenvalue weighted by atomic mass is 16.8. The predicted octanol–water partition coefficient (Wildman–Crippen LogP) is 4.55. The van der Waals surface area contributed by atoms with Crippen LogP contribution in [0.3, 0.4) is 0 Å². The summed E-state index contributed by atoms with van der Waals surface area (Å²) in [6.45, 7) is 0. The van der Waals surface area contributed by atoms with E-state index in [1.807, 2.05) is 0 Å². The van der Waals surface area contributed by atoms with E-state index in [9.17, 15) is 38.4 Å². The van der Waals surface area contributed by atoms with Gasteiger partial charge in [-0.1, -0.05) is 25.7 Å². The molecule has 0 bridgehead atoms. The van der Waals surface area contributed by atoms with Gasteiger partial charge in [0.15, 0.2) is 0 Å². The first-order chi connectivity index (χ1) is 24.8. The van der Waals surface area contributed by atoms with Crippen molar-refractivity contribution >= 4 is 47.8 Å². The van der Waals surface area contributed by atoms with Gasteiger partial charge in [0.1, 0.15) is 25.7 Å². The Morgan fingerprint density at radius 2 is 0.365 bits per heavy atom. The van der Waals surface area contributed by atoms with Gasteiger partial charge in [-0.2, -0.15) is 0 Å². The van der Waals surface area contributed by atoms with Crippen molar-refractivity contribution in [2.75, 3.05) is 0 Å². The van der Waals surface area contributed by atoms with Crippen LogP contribution in [0.1, 0.15) is 154 Å². The fraction of sp³-hybridized carbons (Fsp3) is 0.778. The van der Waals surface area contributed by atoms with Gasteiger partial charge >= 0.3 is 47.8 Å². The number of esters is 8. The molecule has 0 radical (unpaired) electrons. The van der Waals surface area contributed by atoms with Crippen molar-refractivity contribution in [1.29, 1.82) is 0 Å². The van der Waals surface area contributed by atoms with Crippen LogP contribution >= 0.6 is 0 Å². The summed E-state index contributed by atoms with van der Waals surface area (Å²) in [5.41, 5.74) is 0. The maximum absolute atomic E-state index is 11.0. The second-order valence-electron chi connectivity index (χ2n) is 14.4. The Bertz CT molecular complexity index is 1100. The molecule has 288 valence electrons. The molecule has 4 heterocycles. The van der Waals surface area contributed by atoms with Crippen LogP contribution in [0.15, 0.2) is 0 Å². The van der Waals surface area contributed by atoms with Gasteiger partial charge in [-0.05, 0) is 51.4 Å². The van der Waals surface area contributed by atoms with Gasteiger partial charge < -0.3 is 37.9 Å². The van der Waals surface area contributed by atoms with E-state index in [4.69, 9.17) is 37.9 Å². The molecule has 0 amide bonds. The van der Waals surface area contributed by atoms with Crippen LogP contribution in [-0.4, -0.2) is 70.9 Å². The van der Waals surface area contributed by atoms with E-state index in [0.717, 1.165) is 77.0 Å². The van der Waals surface area contributed by atoms with E-state index in [-0.39, 0.29) is 25.7 Å². The summed E-state index contributed by atoms with van der Waals surface area (Å²) < 4.78 is 40.8. The largest absolute Gasteiger partial charge is 0.422 e. The molecule has 8 rings (SSSR count). The Hall–Kier alpha value is -4.24. The molecule has 52 heavy (non-hydrogen) atoms. The van der Waals surface area contributed by atoms with Crippen molar-refractivity contribution in [1.82, 2.24) is 0 Å². The SMILES string of the molecule is O=C1CC(=O)OC2(CCCCC2)O1.O=C1CC(=O)OC2(CCCCC2)O1.O=C1CC(=O)OC2(CCCCC2)O1.O=C1CC(=O)OC2(CCCCC2)O1. The minimum absolute atomic E-state index is 0.234. The van der Waals surface area contributed by atoms with Crippen molar-refractivity contribution in [2.24, 2.45) is 0 Å². The molecule has 16 nitrogen and oxygen atoms in total. The number of ether oxygens (including phenoxy) is 8. The lowest BCUT2D eigenvalue weighted by Crippen LogP contribution is -2.46. The van der Waals surface area contributed by atoms with E-state index in [1.54, 1.807) is 0 Å². The van der Waals surface area contributed by atoms with Crippen LogP contribution in [0.2, 0.25) is 0 Å². The van der Waals surface area contributed by atoms with Crippen molar-refractivity contribution in [3.05, 3.63) is 0 Å². The number of rotatable bonds is 0. The van der Waals surface area contributed by atoms with E-state index in [2.05, 4.69) is 0 Å². The van der Waals surface area contributed by atoms with Gasteiger partial charge in [0.25, 0.3) is 23.1 Å². The maximum atomic E-state index is 11.0. The zero-order valence-electron chi connectivity index (χ0n) is 29.5. The lowest BCUT2D eigenvalue weighted by molar-refractivity contribution is -0.254. The molecule has 0 aromatic carbocycles. The second-order valence-corrected chi connectivity index (χ2v) is 14.4. The van der Waals surface area contributed by atoms with Crippen LogP contribution in [0, 0.1) is 0 Å². The Balaban J connectivity index is 0.000000134. The number of carbonyl (C=O) groups excluding carboxylic acids is 8. The molecule has 4 aliphatic heterocycles. The summed E-state index contributed by atoms with van der Waals surface area (Å²) in [6, 6.07) is 0. The molecule has 0 aromatic heterocycles. The summed E-state index contributed by atoms with van der Waals surface area (Å²) >= 11 is 0. The predicted molar refractivity (Wildman–Crippen MR) is 170 cm³/mol. The van der Waals surface area contributed by atoms with E-state index >= 15 is 0 Å². The standard InChI is InChI=1S/4C9H12O4/c4*10-7-6-8(11)13-9(12-7)4-2-1-3-5-9/h4*1-6H2. The highest BCUT2D eigenvalue weighted by molar-refractivity contribution is 5.94. The molecule has 4 aliphatic carbocycles. The first-order valence-corrected chi connectivity index (χ1v) is 18.6. The quantitative estimate of drug-likeness (QED) is 0.190. The zero-order valence-corrected chi connectivity index (χ0v) is 29.5. The summed E-state index contributed by atoms with van der Waals surface area (Å²) in [5, 5.41) is 0. The second kappa shape index (κ2) is 17.1. The first-order valence-electron chi connectivity index (χ1n) is 18.6. The lowest BCUT2D eigenvalue weighted by Gasteiger charge is -2.38. The molecule has 0 N–H and O–H groups in total. The molecule has 4 saturated heterocycles. The average Bonchev–Trinajstić information content (AvgIpc) is 3.05. The van der Waals surface area contributed by atoms with Crippen LogP contribution in [0.4, 0.5) is 0 Å². The molecule has 8 fully saturated rings. The summed E-state index contributed by atoms with van der Waals surface area (Å²) in [7, 11) is 0. The Kier molecular flexibility index (Phi) is 12.8.